The lowest BCUT2D eigenvalue weighted by atomic mass is 10.1. The highest BCUT2D eigenvalue weighted by atomic mass is 79.9. The molecule has 3 heteroatoms. The van der Waals surface area contributed by atoms with Crippen LogP contribution in [0, 0.1) is 20.8 Å². The van der Waals surface area contributed by atoms with E-state index >= 15 is 0 Å². The number of nitrogens with one attached hydrogen (secondary N) is 1. The van der Waals surface area contributed by atoms with Gasteiger partial charge in [-0.2, -0.15) is 0 Å². The minimum absolute atomic E-state index is 0.568. The van der Waals surface area contributed by atoms with Crippen molar-refractivity contribution in [1.82, 2.24) is 0 Å². The molecule has 3 rings (SSSR count). The highest BCUT2D eigenvalue weighted by molar-refractivity contribution is 9.10. The number of anilines is 1. The van der Waals surface area contributed by atoms with E-state index in [4.69, 9.17) is 4.74 Å². The SMILES string of the molecule is Cc1ccc(COc2ccc(Br)cc2CNc2cccc(C)c2C)cc1. The predicted molar refractivity (Wildman–Crippen MR) is 113 cm³/mol. The molecule has 0 heterocycles. The van der Waals surface area contributed by atoms with Crippen molar-refractivity contribution in [1.29, 1.82) is 0 Å². The van der Waals surface area contributed by atoms with Gasteiger partial charge in [-0.15, -0.1) is 0 Å². The van der Waals surface area contributed by atoms with Gasteiger partial charge in [-0.1, -0.05) is 57.9 Å². The van der Waals surface area contributed by atoms with Crippen molar-refractivity contribution in [2.24, 2.45) is 0 Å². The van der Waals surface area contributed by atoms with Gasteiger partial charge in [0.05, 0.1) is 0 Å². The highest BCUT2D eigenvalue weighted by Gasteiger charge is 2.07. The fourth-order valence-corrected chi connectivity index (χ4v) is 3.21. The van der Waals surface area contributed by atoms with Gasteiger partial charge in [0.25, 0.3) is 0 Å². The molecule has 0 saturated heterocycles. The van der Waals surface area contributed by atoms with Gasteiger partial charge in [-0.05, 0) is 61.7 Å². The largest absolute Gasteiger partial charge is 0.489 e. The van der Waals surface area contributed by atoms with Crippen molar-refractivity contribution < 1.29 is 4.74 Å². The average molecular weight is 410 g/mol. The minimum Gasteiger partial charge on any atom is -0.489 e. The van der Waals surface area contributed by atoms with Crippen molar-refractivity contribution >= 4 is 21.6 Å². The second kappa shape index (κ2) is 8.41. The van der Waals surface area contributed by atoms with E-state index in [0.717, 1.165) is 21.5 Å². The Labute approximate surface area is 164 Å². The van der Waals surface area contributed by atoms with Crippen LogP contribution >= 0.6 is 15.9 Å². The van der Waals surface area contributed by atoms with Gasteiger partial charge < -0.3 is 10.1 Å². The van der Waals surface area contributed by atoms with Crippen molar-refractivity contribution in [3.63, 3.8) is 0 Å². The summed E-state index contributed by atoms with van der Waals surface area (Å²) in [5.74, 6) is 0.909. The molecule has 0 aromatic heterocycles. The third-order valence-electron chi connectivity index (χ3n) is 4.61. The summed E-state index contributed by atoms with van der Waals surface area (Å²) in [4.78, 5) is 0. The Balaban J connectivity index is 1.73. The number of ether oxygens (including phenoxy) is 1. The first-order chi connectivity index (χ1) is 12.5. The lowest BCUT2D eigenvalue weighted by Crippen LogP contribution is -2.05. The molecule has 0 aliphatic carbocycles. The molecule has 0 saturated carbocycles. The zero-order valence-corrected chi connectivity index (χ0v) is 17.1. The van der Waals surface area contributed by atoms with Crippen molar-refractivity contribution in [2.75, 3.05) is 5.32 Å². The van der Waals surface area contributed by atoms with Gasteiger partial charge in [0.2, 0.25) is 0 Å². The van der Waals surface area contributed by atoms with E-state index in [2.05, 4.69) is 90.5 Å². The fraction of sp³-hybridized carbons (Fsp3) is 0.217. The Hall–Kier alpha value is -2.26. The van der Waals surface area contributed by atoms with Crippen LogP contribution in [0.2, 0.25) is 0 Å². The van der Waals surface area contributed by atoms with Gasteiger partial charge in [0.15, 0.2) is 0 Å². The molecule has 0 spiro atoms. The number of rotatable bonds is 6. The quantitative estimate of drug-likeness (QED) is 0.497. The first-order valence-electron chi connectivity index (χ1n) is 8.80. The van der Waals surface area contributed by atoms with E-state index in [-0.39, 0.29) is 0 Å². The van der Waals surface area contributed by atoms with E-state index in [1.807, 2.05) is 12.1 Å². The van der Waals surface area contributed by atoms with Crippen LogP contribution in [-0.4, -0.2) is 0 Å². The van der Waals surface area contributed by atoms with Gasteiger partial charge in [-0.25, -0.2) is 0 Å². The van der Waals surface area contributed by atoms with E-state index in [1.165, 1.54) is 22.3 Å². The Morgan fingerprint density at radius 1 is 0.923 bits per heavy atom. The zero-order chi connectivity index (χ0) is 18.5. The molecule has 0 aliphatic rings. The topological polar surface area (TPSA) is 21.3 Å². The summed E-state index contributed by atoms with van der Waals surface area (Å²) < 4.78 is 7.15. The molecule has 0 unspecified atom stereocenters. The van der Waals surface area contributed by atoms with E-state index in [1.54, 1.807) is 0 Å². The van der Waals surface area contributed by atoms with Crippen LogP contribution in [-0.2, 0) is 13.2 Å². The highest BCUT2D eigenvalue weighted by Crippen LogP contribution is 2.26. The smallest absolute Gasteiger partial charge is 0.124 e. The van der Waals surface area contributed by atoms with Crippen LogP contribution in [0.1, 0.15) is 27.8 Å². The lowest BCUT2D eigenvalue weighted by Gasteiger charge is -2.15. The summed E-state index contributed by atoms with van der Waals surface area (Å²) in [5.41, 5.74) is 7.30. The average Bonchev–Trinajstić information content (AvgIpc) is 2.63. The molecule has 26 heavy (non-hydrogen) atoms. The molecule has 1 N–H and O–H groups in total. The van der Waals surface area contributed by atoms with Crippen molar-refractivity contribution in [3.8, 4) is 5.75 Å². The maximum Gasteiger partial charge on any atom is 0.124 e. The summed E-state index contributed by atoms with van der Waals surface area (Å²) in [7, 11) is 0. The predicted octanol–water partition coefficient (Wildman–Crippen LogP) is 6.57. The van der Waals surface area contributed by atoms with Crippen LogP contribution in [0.3, 0.4) is 0 Å². The standard InChI is InChI=1S/C23H24BrNO/c1-16-7-9-19(10-8-16)15-26-23-12-11-21(24)13-20(23)14-25-22-6-4-5-17(2)18(22)3/h4-13,25H,14-15H2,1-3H3. The number of benzene rings is 3. The summed E-state index contributed by atoms with van der Waals surface area (Å²) in [6, 6.07) is 21.0. The molecule has 0 atom stereocenters. The minimum atomic E-state index is 0.568. The number of aryl methyl sites for hydroxylation is 2. The van der Waals surface area contributed by atoms with Gasteiger partial charge in [-0.3, -0.25) is 0 Å². The molecule has 2 nitrogen and oxygen atoms in total. The van der Waals surface area contributed by atoms with Crippen LogP contribution < -0.4 is 10.1 Å². The summed E-state index contributed by atoms with van der Waals surface area (Å²) >= 11 is 3.57. The maximum atomic E-state index is 6.10. The molecule has 0 aliphatic heterocycles. The third-order valence-corrected chi connectivity index (χ3v) is 5.10. The molecule has 0 radical (unpaired) electrons. The molecule has 0 amide bonds. The van der Waals surface area contributed by atoms with E-state index < -0.39 is 0 Å². The Morgan fingerprint density at radius 3 is 2.46 bits per heavy atom. The summed E-state index contributed by atoms with van der Waals surface area (Å²) in [6.07, 6.45) is 0. The van der Waals surface area contributed by atoms with Crippen LogP contribution in [0.5, 0.6) is 5.75 Å². The maximum absolute atomic E-state index is 6.10. The Kier molecular flexibility index (Phi) is 6.00. The molecule has 3 aromatic carbocycles. The monoisotopic (exact) mass is 409 g/mol. The molecule has 0 fully saturated rings. The van der Waals surface area contributed by atoms with Crippen molar-refractivity contribution in [3.05, 3.63) is 93.0 Å². The van der Waals surface area contributed by atoms with Crippen molar-refractivity contribution in [2.45, 2.75) is 33.9 Å². The summed E-state index contributed by atoms with van der Waals surface area (Å²) in [5, 5.41) is 3.54. The van der Waals surface area contributed by atoms with E-state index in [9.17, 15) is 0 Å². The molecular weight excluding hydrogens is 386 g/mol. The second-order valence-corrected chi connectivity index (χ2v) is 7.54. The van der Waals surface area contributed by atoms with Gasteiger partial charge in [0, 0.05) is 22.3 Å². The molecule has 134 valence electrons. The number of hydrogen-bond donors (Lipinski definition) is 1. The fourth-order valence-electron chi connectivity index (χ4n) is 2.81. The second-order valence-electron chi connectivity index (χ2n) is 6.63. The van der Waals surface area contributed by atoms with Gasteiger partial charge in [0.1, 0.15) is 12.4 Å². The zero-order valence-electron chi connectivity index (χ0n) is 15.5. The summed E-state index contributed by atoms with van der Waals surface area (Å²) in [6.45, 7) is 7.66. The van der Waals surface area contributed by atoms with Gasteiger partial charge >= 0.3 is 0 Å². The van der Waals surface area contributed by atoms with E-state index in [0.29, 0.717) is 13.2 Å². The Morgan fingerprint density at radius 2 is 1.69 bits per heavy atom. The third kappa shape index (κ3) is 4.67. The molecular formula is C23H24BrNO. The Bertz CT molecular complexity index is 887. The number of halogens is 1. The first-order valence-corrected chi connectivity index (χ1v) is 9.59. The normalized spacial score (nSPS) is 10.6. The van der Waals surface area contributed by atoms with Crippen LogP contribution in [0.15, 0.2) is 65.1 Å². The van der Waals surface area contributed by atoms with Crippen LogP contribution in [0.25, 0.3) is 0 Å². The first kappa shape index (κ1) is 18.5. The molecule has 0 bridgehead atoms. The lowest BCUT2D eigenvalue weighted by molar-refractivity contribution is 0.303. The molecule has 3 aromatic rings. The number of hydrogen-bond acceptors (Lipinski definition) is 2. The van der Waals surface area contributed by atoms with Crippen LogP contribution in [0.4, 0.5) is 5.69 Å².